The SMILES string of the molecule is CCN1CCN(c2ccc(Nc3nnc(-c4ccccc4)c(=O)[nH]3)cc2)CC1. The Morgan fingerprint density at radius 2 is 1.68 bits per heavy atom. The van der Waals surface area contributed by atoms with Gasteiger partial charge in [-0.15, -0.1) is 10.2 Å². The first-order chi connectivity index (χ1) is 13.7. The summed E-state index contributed by atoms with van der Waals surface area (Å²) in [6.07, 6.45) is 0. The number of nitrogens with zero attached hydrogens (tertiary/aromatic N) is 4. The van der Waals surface area contributed by atoms with Gasteiger partial charge in [-0.2, -0.15) is 0 Å². The molecule has 1 aliphatic rings. The minimum atomic E-state index is -0.269. The van der Waals surface area contributed by atoms with Crippen molar-refractivity contribution in [3.8, 4) is 11.3 Å². The second-order valence-corrected chi connectivity index (χ2v) is 6.81. The molecule has 1 aliphatic heterocycles. The molecule has 2 N–H and O–H groups in total. The first-order valence-electron chi connectivity index (χ1n) is 9.60. The maximum absolute atomic E-state index is 12.3. The van der Waals surface area contributed by atoms with Crippen molar-refractivity contribution in [2.45, 2.75) is 6.92 Å². The van der Waals surface area contributed by atoms with Gasteiger partial charge >= 0.3 is 0 Å². The van der Waals surface area contributed by atoms with Crippen molar-refractivity contribution in [1.29, 1.82) is 0 Å². The van der Waals surface area contributed by atoms with Gasteiger partial charge in [0.25, 0.3) is 5.56 Å². The van der Waals surface area contributed by atoms with Gasteiger partial charge in [0, 0.05) is 43.1 Å². The highest BCUT2D eigenvalue weighted by molar-refractivity contribution is 5.61. The molecule has 4 rings (SSSR count). The summed E-state index contributed by atoms with van der Waals surface area (Å²) < 4.78 is 0. The van der Waals surface area contributed by atoms with Crippen molar-refractivity contribution in [3.63, 3.8) is 0 Å². The Bertz CT molecular complexity index is 962. The van der Waals surface area contributed by atoms with Crippen LogP contribution in [0.1, 0.15) is 6.92 Å². The van der Waals surface area contributed by atoms with Gasteiger partial charge in [-0.25, -0.2) is 0 Å². The van der Waals surface area contributed by atoms with Crippen LogP contribution in [0.15, 0.2) is 59.4 Å². The summed E-state index contributed by atoms with van der Waals surface area (Å²) >= 11 is 0. The van der Waals surface area contributed by atoms with E-state index in [4.69, 9.17) is 0 Å². The van der Waals surface area contributed by atoms with Crippen molar-refractivity contribution >= 4 is 17.3 Å². The summed E-state index contributed by atoms with van der Waals surface area (Å²) in [6.45, 7) is 7.59. The summed E-state index contributed by atoms with van der Waals surface area (Å²) in [5.41, 5.74) is 2.85. The van der Waals surface area contributed by atoms with Gasteiger partial charge in [-0.3, -0.25) is 9.78 Å². The third-order valence-corrected chi connectivity index (χ3v) is 5.06. The summed E-state index contributed by atoms with van der Waals surface area (Å²) in [5, 5.41) is 11.3. The number of anilines is 3. The number of hydrogen-bond acceptors (Lipinski definition) is 6. The van der Waals surface area contributed by atoms with Crippen molar-refractivity contribution in [2.24, 2.45) is 0 Å². The second-order valence-electron chi connectivity index (χ2n) is 6.81. The zero-order valence-electron chi connectivity index (χ0n) is 15.9. The molecule has 3 aromatic rings. The molecule has 0 spiro atoms. The molecule has 1 fully saturated rings. The molecule has 2 aromatic carbocycles. The fourth-order valence-electron chi connectivity index (χ4n) is 3.39. The maximum atomic E-state index is 12.3. The van der Waals surface area contributed by atoms with Gasteiger partial charge in [-0.1, -0.05) is 37.3 Å². The van der Waals surface area contributed by atoms with Crippen LogP contribution in [0.3, 0.4) is 0 Å². The molecule has 1 saturated heterocycles. The van der Waals surface area contributed by atoms with E-state index in [0.717, 1.165) is 44.0 Å². The number of nitrogens with one attached hydrogen (secondary N) is 2. The Morgan fingerprint density at radius 1 is 0.964 bits per heavy atom. The van der Waals surface area contributed by atoms with Crippen LogP contribution in [0.25, 0.3) is 11.3 Å². The predicted molar refractivity (Wildman–Crippen MR) is 112 cm³/mol. The van der Waals surface area contributed by atoms with Gasteiger partial charge in [0.15, 0.2) is 5.69 Å². The minimum Gasteiger partial charge on any atom is -0.369 e. The van der Waals surface area contributed by atoms with Crippen LogP contribution in [0.5, 0.6) is 0 Å². The van der Waals surface area contributed by atoms with Crippen molar-refractivity contribution in [1.82, 2.24) is 20.1 Å². The number of piperazine rings is 1. The fraction of sp³-hybridized carbons (Fsp3) is 0.286. The van der Waals surface area contributed by atoms with Gasteiger partial charge in [0.2, 0.25) is 5.95 Å². The molecule has 28 heavy (non-hydrogen) atoms. The molecule has 0 atom stereocenters. The Hall–Kier alpha value is -3.19. The number of H-pyrrole nitrogens is 1. The third-order valence-electron chi connectivity index (χ3n) is 5.06. The van der Waals surface area contributed by atoms with E-state index in [-0.39, 0.29) is 5.56 Å². The van der Waals surface area contributed by atoms with Crippen LogP contribution in [0.2, 0.25) is 0 Å². The lowest BCUT2D eigenvalue weighted by Crippen LogP contribution is -2.46. The smallest absolute Gasteiger partial charge is 0.279 e. The molecule has 7 nitrogen and oxygen atoms in total. The Kier molecular flexibility index (Phi) is 5.34. The number of likely N-dealkylation sites (N-methyl/N-ethyl adjacent to an activating group) is 1. The molecule has 7 heteroatoms. The van der Waals surface area contributed by atoms with E-state index < -0.39 is 0 Å². The lowest BCUT2D eigenvalue weighted by molar-refractivity contribution is 0.271. The molecule has 0 bridgehead atoms. The van der Waals surface area contributed by atoms with E-state index >= 15 is 0 Å². The number of aromatic amines is 1. The van der Waals surface area contributed by atoms with E-state index in [2.05, 4.69) is 49.4 Å². The average molecular weight is 376 g/mol. The van der Waals surface area contributed by atoms with E-state index in [1.165, 1.54) is 5.69 Å². The first kappa shape index (κ1) is 18.2. The quantitative estimate of drug-likeness (QED) is 0.713. The largest absolute Gasteiger partial charge is 0.369 e. The molecular formula is C21H24N6O. The van der Waals surface area contributed by atoms with Crippen LogP contribution in [-0.2, 0) is 0 Å². The zero-order valence-corrected chi connectivity index (χ0v) is 15.9. The second kappa shape index (κ2) is 8.22. The molecule has 0 unspecified atom stereocenters. The molecule has 0 saturated carbocycles. The fourth-order valence-corrected chi connectivity index (χ4v) is 3.39. The molecule has 0 aliphatic carbocycles. The van der Waals surface area contributed by atoms with E-state index in [1.54, 1.807) is 0 Å². The molecule has 0 amide bonds. The Balaban J connectivity index is 1.43. The zero-order chi connectivity index (χ0) is 19.3. The highest BCUT2D eigenvalue weighted by Gasteiger charge is 2.15. The monoisotopic (exact) mass is 376 g/mol. The molecule has 2 heterocycles. The normalized spacial score (nSPS) is 14.8. The molecular weight excluding hydrogens is 352 g/mol. The Morgan fingerprint density at radius 3 is 2.32 bits per heavy atom. The number of hydrogen-bond donors (Lipinski definition) is 2. The van der Waals surface area contributed by atoms with Crippen molar-refractivity contribution < 1.29 is 0 Å². The van der Waals surface area contributed by atoms with Crippen LogP contribution in [0.4, 0.5) is 17.3 Å². The van der Waals surface area contributed by atoms with Gasteiger partial charge in [-0.05, 0) is 30.8 Å². The standard InChI is InChI=1S/C21H24N6O/c1-2-26-12-14-27(15-13-26)18-10-8-17(9-11-18)22-21-23-20(28)19(24-25-21)16-6-4-3-5-7-16/h3-11H,2,12-15H2,1H3,(H2,22,23,25,28). The lowest BCUT2D eigenvalue weighted by Gasteiger charge is -2.35. The maximum Gasteiger partial charge on any atom is 0.279 e. The van der Waals surface area contributed by atoms with Crippen LogP contribution >= 0.6 is 0 Å². The summed E-state index contributed by atoms with van der Waals surface area (Å²) in [6, 6.07) is 17.5. The summed E-state index contributed by atoms with van der Waals surface area (Å²) in [4.78, 5) is 19.9. The molecule has 144 valence electrons. The van der Waals surface area contributed by atoms with E-state index in [9.17, 15) is 4.79 Å². The van der Waals surface area contributed by atoms with Gasteiger partial charge in [0.05, 0.1) is 0 Å². The van der Waals surface area contributed by atoms with Crippen LogP contribution < -0.4 is 15.8 Å². The number of benzene rings is 2. The van der Waals surface area contributed by atoms with E-state index in [1.807, 2.05) is 42.5 Å². The van der Waals surface area contributed by atoms with Crippen molar-refractivity contribution in [2.75, 3.05) is 42.9 Å². The average Bonchev–Trinajstić information content (AvgIpc) is 2.75. The number of aromatic nitrogens is 3. The molecule has 0 radical (unpaired) electrons. The summed E-state index contributed by atoms with van der Waals surface area (Å²) in [5.74, 6) is 0.328. The third kappa shape index (κ3) is 4.04. The highest BCUT2D eigenvalue weighted by Crippen LogP contribution is 2.21. The van der Waals surface area contributed by atoms with Crippen LogP contribution in [-0.4, -0.2) is 52.8 Å². The van der Waals surface area contributed by atoms with Gasteiger partial charge in [0.1, 0.15) is 0 Å². The molecule has 1 aromatic heterocycles. The highest BCUT2D eigenvalue weighted by atomic mass is 16.1. The topological polar surface area (TPSA) is 77.2 Å². The predicted octanol–water partition coefficient (Wildman–Crippen LogP) is 2.72. The Labute approximate surface area is 164 Å². The van der Waals surface area contributed by atoms with Crippen LogP contribution in [0, 0.1) is 0 Å². The summed E-state index contributed by atoms with van der Waals surface area (Å²) in [7, 11) is 0. The lowest BCUT2D eigenvalue weighted by atomic mass is 10.2. The van der Waals surface area contributed by atoms with E-state index in [0.29, 0.717) is 11.6 Å². The van der Waals surface area contributed by atoms with Crippen molar-refractivity contribution in [3.05, 3.63) is 65.0 Å². The minimum absolute atomic E-state index is 0.269. The van der Waals surface area contributed by atoms with Gasteiger partial charge < -0.3 is 15.1 Å². The first-order valence-corrected chi connectivity index (χ1v) is 9.60. The number of rotatable bonds is 5.